The number of nitrogens with zero attached hydrogens (tertiary/aromatic N) is 1. The third-order valence-electron chi connectivity index (χ3n) is 3.50. The minimum atomic E-state index is -0.436. The Morgan fingerprint density at radius 1 is 1.29 bits per heavy atom. The van der Waals surface area contributed by atoms with Gasteiger partial charge in [-0.1, -0.05) is 12.1 Å². The standard InChI is InChI=1S/C17H25NO3/c1-5-20-15-8-6-13(7-9-15)14-10-11-18(12-14)16(19)21-17(2,3)4/h6-9,14H,5,10-12H2,1-4H3. The van der Waals surface area contributed by atoms with Crippen molar-refractivity contribution in [2.24, 2.45) is 0 Å². The second-order valence-corrected chi connectivity index (χ2v) is 6.41. The molecule has 1 aliphatic rings. The Kier molecular flexibility index (Phi) is 4.76. The molecule has 1 amide bonds. The number of carbonyl (C=O) groups excluding carboxylic acids is 1. The van der Waals surface area contributed by atoms with E-state index in [-0.39, 0.29) is 6.09 Å². The van der Waals surface area contributed by atoms with Crippen LogP contribution in [0.5, 0.6) is 5.75 Å². The highest BCUT2D eigenvalue weighted by Crippen LogP contribution is 2.29. The number of rotatable bonds is 3. The summed E-state index contributed by atoms with van der Waals surface area (Å²) in [4.78, 5) is 13.9. The smallest absolute Gasteiger partial charge is 0.410 e. The molecule has 0 spiro atoms. The van der Waals surface area contributed by atoms with Crippen molar-refractivity contribution < 1.29 is 14.3 Å². The van der Waals surface area contributed by atoms with Crippen LogP contribution in [0.4, 0.5) is 4.79 Å². The normalized spacial score (nSPS) is 18.7. The molecule has 1 heterocycles. The average Bonchev–Trinajstić information content (AvgIpc) is 2.88. The first-order valence-electron chi connectivity index (χ1n) is 7.59. The van der Waals surface area contributed by atoms with Crippen LogP contribution in [0.3, 0.4) is 0 Å². The Bertz CT molecular complexity index is 476. The number of amides is 1. The molecule has 1 atom stereocenters. The summed E-state index contributed by atoms with van der Waals surface area (Å²) in [5.74, 6) is 1.27. The minimum absolute atomic E-state index is 0.212. The first-order valence-corrected chi connectivity index (χ1v) is 7.59. The van der Waals surface area contributed by atoms with Crippen LogP contribution in [0, 0.1) is 0 Å². The molecule has 1 aromatic carbocycles. The van der Waals surface area contributed by atoms with Gasteiger partial charge in [0.1, 0.15) is 11.4 Å². The lowest BCUT2D eigenvalue weighted by Crippen LogP contribution is -2.35. The summed E-state index contributed by atoms with van der Waals surface area (Å²) in [7, 11) is 0. The summed E-state index contributed by atoms with van der Waals surface area (Å²) >= 11 is 0. The van der Waals surface area contributed by atoms with E-state index in [1.165, 1.54) is 5.56 Å². The lowest BCUT2D eigenvalue weighted by molar-refractivity contribution is 0.0292. The Morgan fingerprint density at radius 3 is 2.52 bits per heavy atom. The van der Waals surface area contributed by atoms with Gasteiger partial charge in [-0.25, -0.2) is 4.79 Å². The fourth-order valence-electron chi connectivity index (χ4n) is 2.53. The predicted molar refractivity (Wildman–Crippen MR) is 82.8 cm³/mol. The Hall–Kier alpha value is -1.71. The molecule has 2 rings (SSSR count). The summed E-state index contributed by atoms with van der Waals surface area (Å²) < 4.78 is 10.9. The van der Waals surface area contributed by atoms with Gasteiger partial charge < -0.3 is 14.4 Å². The molecule has 1 unspecified atom stereocenters. The van der Waals surface area contributed by atoms with Crippen molar-refractivity contribution >= 4 is 6.09 Å². The van der Waals surface area contributed by atoms with Gasteiger partial charge in [0.2, 0.25) is 0 Å². The molecule has 4 nitrogen and oxygen atoms in total. The molecule has 4 heteroatoms. The molecule has 1 aromatic rings. The first-order chi connectivity index (χ1) is 9.89. The molecule has 1 aliphatic heterocycles. The third kappa shape index (κ3) is 4.38. The molecular formula is C17H25NO3. The lowest BCUT2D eigenvalue weighted by Gasteiger charge is -2.24. The number of hydrogen-bond acceptors (Lipinski definition) is 3. The Morgan fingerprint density at radius 2 is 1.95 bits per heavy atom. The Balaban J connectivity index is 1.94. The summed E-state index contributed by atoms with van der Waals surface area (Å²) in [5, 5.41) is 0. The number of ether oxygens (including phenoxy) is 2. The van der Waals surface area contributed by atoms with Gasteiger partial charge >= 0.3 is 6.09 Å². The molecule has 0 aromatic heterocycles. The molecule has 0 saturated carbocycles. The fourth-order valence-corrected chi connectivity index (χ4v) is 2.53. The van der Waals surface area contributed by atoms with E-state index in [0.29, 0.717) is 12.5 Å². The van der Waals surface area contributed by atoms with Crippen molar-refractivity contribution in [2.75, 3.05) is 19.7 Å². The molecule has 1 fully saturated rings. The SMILES string of the molecule is CCOc1ccc(C2CCN(C(=O)OC(C)(C)C)C2)cc1. The molecule has 0 N–H and O–H groups in total. The van der Waals surface area contributed by atoms with E-state index in [0.717, 1.165) is 25.3 Å². The molecule has 0 radical (unpaired) electrons. The zero-order chi connectivity index (χ0) is 15.5. The van der Waals surface area contributed by atoms with Crippen molar-refractivity contribution in [3.8, 4) is 5.75 Å². The molecule has 116 valence electrons. The van der Waals surface area contributed by atoms with Gasteiger partial charge in [-0.2, -0.15) is 0 Å². The predicted octanol–water partition coefficient (Wildman–Crippen LogP) is 3.81. The number of hydrogen-bond donors (Lipinski definition) is 0. The number of carbonyl (C=O) groups is 1. The van der Waals surface area contributed by atoms with Crippen LogP contribution < -0.4 is 4.74 Å². The van der Waals surface area contributed by atoms with E-state index in [2.05, 4.69) is 12.1 Å². The van der Waals surface area contributed by atoms with Crippen LogP contribution in [0.2, 0.25) is 0 Å². The molecular weight excluding hydrogens is 266 g/mol. The average molecular weight is 291 g/mol. The summed E-state index contributed by atoms with van der Waals surface area (Å²) in [6, 6.07) is 8.17. The molecule has 21 heavy (non-hydrogen) atoms. The molecule has 0 aliphatic carbocycles. The minimum Gasteiger partial charge on any atom is -0.494 e. The van der Waals surface area contributed by atoms with Crippen molar-refractivity contribution in [1.29, 1.82) is 0 Å². The van der Waals surface area contributed by atoms with Gasteiger partial charge in [-0.05, 0) is 51.8 Å². The van der Waals surface area contributed by atoms with Crippen LogP contribution >= 0.6 is 0 Å². The maximum atomic E-state index is 12.1. The second kappa shape index (κ2) is 6.37. The van der Waals surface area contributed by atoms with E-state index in [1.807, 2.05) is 39.8 Å². The van der Waals surface area contributed by atoms with E-state index < -0.39 is 5.60 Å². The topological polar surface area (TPSA) is 38.8 Å². The Labute approximate surface area is 127 Å². The van der Waals surface area contributed by atoms with E-state index in [9.17, 15) is 4.79 Å². The maximum absolute atomic E-state index is 12.1. The summed E-state index contributed by atoms with van der Waals surface area (Å²) in [6.45, 7) is 9.81. The van der Waals surface area contributed by atoms with Crippen molar-refractivity contribution in [3.05, 3.63) is 29.8 Å². The van der Waals surface area contributed by atoms with Crippen LogP contribution in [-0.2, 0) is 4.74 Å². The van der Waals surface area contributed by atoms with Crippen LogP contribution in [0.15, 0.2) is 24.3 Å². The highest BCUT2D eigenvalue weighted by Gasteiger charge is 2.30. The second-order valence-electron chi connectivity index (χ2n) is 6.41. The van der Waals surface area contributed by atoms with E-state index in [4.69, 9.17) is 9.47 Å². The molecule has 1 saturated heterocycles. The van der Waals surface area contributed by atoms with Gasteiger partial charge in [-0.3, -0.25) is 0 Å². The van der Waals surface area contributed by atoms with Crippen LogP contribution in [-0.4, -0.2) is 36.3 Å². The van der Waals surface area contributed by atoms with Crippen molar-refractivity contribution in [3.63, 3.8) is 0 Å². The molecule has 0 bridgehead atoms. The van der Waals surface area contributed by atoms with Gasteiger partial charge in [0.25, 0.3) is 0 Å². The van der Waals surface area contributed by atoms with E-state index >= 15 is 0 Å². The van der Waals surface area contributed by atoms with Crippen molar-refractivity contribution in [1.82, 2.24) is 4.90 Å². The quantitative estimate of drug-likeness (QED) is 0.850. The monoisotopic (exact) mass is 291 g/mol. The number of likely N-dealkylation sites (tertiary alicyclic amines) is 1. The fraction of sp³-hybridized carbons (Fsp3) is 0.588. The van der Waals surface area contributed by atoms with Gasteiger partial charge in [0, 0.05) is 19.0 Å². The van der Waals surface area contributed by atoms with Crippen LogP contribution in [0.1, 0.15) is 45.6 Å². The number of benzene rings is 1. The first kappa shape index (κ1) is 15.7. The summed E-state index contributed by atoms with van der Waals surface area (Å²) in [5.41, 5.74) is 0.818. The largest absolute Gasteiger partial charge is 0.494 e. The highest BCUT2D eigenvalue weighted by molar-refractivity contribution is 5.68. The van der Waals surface area contributed by atoms with E-state index in [1.54, 1.807) is 4.90 Å². The summed E-state index contributed by atoms with van der Waals surface area (Å²) in [6.07, 6.45) is 0.767. The van der Waals surface area contributed by atoms with Gasteiger partial charge in [0.15, 0.2) is 0 Å². The highest BCUT2D eigenvalue weighted by atomic mass is 16.6. The van der Waals surface area contributed by atoms with Crippen molar-refractivity contribution in [2.45, 2.75) is 45.6 Å². The van der Waals surface area contributed by atoms with Gasteiger partial charge in [0.05, 0.1) is 6.61 Å². The lowest BCUT2D eigenvalue weighted by atomic mass is 9.98. The van der Waals surface area contributed by atoms with Crippen LogP contribution in [0.25, 0.3) is 0 Å². The zero-order valence-electron chi connectivity index (χ0n) is 13.4. The van der Waals surface area contributed by atoms with Gasteiger partial charge in [-0.15, -0.1) is 0 Å². The zero-order valence-corrected chi connectivity index (χ0v) is 13.4. The maximum Gasteiger partial charge on any atom is 0.410 e. The third-order valence-corrected chi connectivity index (χ3v) is 3.50.